The predicted octanol–water partition coefficient (Wildman–Crippen LogP) is 5.11. The minimum Gasteiger partial charge on any atom is -0.374 e. The lowest BCUT2D eigenvalue weighted by Crippen LogP contribution is -2.54. The van der Waals surface area contributed by atoms with Crippen molar-refractivity contribution in [1.82, 2.24) is 0 Å². The molecule has 0 amide bonds. The lowest BCUT2D eigenvalue weighted by molar-refractivity contribution is -0.214. The maximum absolute atomic E-state index is 15.5. The Labute approximate surface area is 188 Å². The van der Waals surface area contributed by atoms with Crippen molar-refractivity contribution >= 4 is 0 Å². The van der Waals surface area contributed by atoms with Gasteiger partial charge < -0.3 is 18.9 Å². The fourth-order valence-corrected chi connectivity index (χ4v) is 3.72. The molecule has 0 aliphatic carbocycles. The Kier molecular flexibility index (Phi) is 8.40. The molecule has 1 aliphatic rings. The van der Waals surface area contributed by atoms with Crippen LogP contribution < -0.4 is 0 Å². The highest BCUT2D eigenvalue weighted by atomic mass is 19.1. The number of ether oxygens (including phenoxy) is 4. The fraction of sp³-hybridized carbons (Fsp3) is 0.333. The van der Waals surface area contributed by atoms with E-state index in [1.165, 1.54) is 0 Å². The van der Waals surface area contributed by atoms with Gasteiger partial charge in [-0.05, 0) is 16.7 Å². The molecule has 0 radical (unpaired) electrons. The van der Waals surface area contributed by atoms with Gasteiger partial charge in [-0.1, -0.05) is 91.0 Å². The van der Waals surface area contributed by atoms with Crippen molar-refractivity contribution in [2.45, 2.75) is 44.3 Å². The largest absolute Gasteiger partial charge is 0.374 e. The van der Waals surface area contributed by atoms with Crippen molar-refractivity contribution in [1.29, 1.82) is 0 Å². The number of hydrogen-bond donors (Lipinski definition) is 0. The number of benzene rings is 3. The number of alkyl halides is 1. The summed E-state index contributed by atoms with van der Waals surface area (Å²) >= 11 is 0. The van der Waals surface area contributed by atoms with Crippen molar-refractivity contribution in [2.75, 3.05) is 13.2 Å². The minimum atomic E-state index is -1.36. The summed E-state index contributed by atoms with van der Waals surface area (Å²) in [4.78, 5) is 0. The van der Waals surface area contributed by atoms with Gasteiger partial charge in [-0.25, -0.2) is 4.39 Å². The normalized spacial score (nSPS) is 23.2. The van der Waals surface area contributed by atoms with Crippen LogP contribution in [-0.4, -0.2) is 37.7 Å². The maximum Gasteiger partial charge on any atom is 0.157 e. The molecule has 3 unspecified atom stereocenters. The first kappa shape index (κ1) is 22.6. The zero-order valence-corrected chi connectivity index (χ0v) is 18.0. The molecule has 1 saturated heterocycles. The van der Waals surface area contributed by atoms with E-state index in [0.717, 1.165) is 16.7 Å². The average Bonchev–Trinajstić information content (AvgIpc) is 2.85. The summed E-state index contributed by atoms with van der Waals surface area (Å²) in [6, 6.07) is 29.4. The van der Waals surface area contributed by atoms with Gasteiger partial charge in [0.15, 0.2) is 6.17 Å². The van der Waals surface area contributed by atoms with Crippen molar-refractivity contribution in [3.63, 3.8) is 0 Å². The molecule has 0 saturated carbocycles. The van der Waals surface area contributed by atoms with Gasteiger partial charge in [-0.3, -0.25) is 0 Å². The molecule has 1 heterocycles. The molecule has 0 N–H and O–H groups in total. The van der Waals surface area contributed by atoms with Crippen LogP contribution in [0.5, 0.6) is 0 Å². The van der Waals surface area contributed by atoms with Crippen LogP contribution in [0.1, 0.15) is 16.7 Å². The summed E-state index contributed by atoms with van der Waals surface area (Å²) in [5.74, 6) is 0. The number of rotatable bonds is 10. The van der Waals surface area contributed by atoms with Crippen LogP contribution in [0.15, 0.2) is 91.0 Å². The third-order valence-corrected chi connectivity index (χ3v) is 5.50. The molecular formula is C27H29FO4. The van der Waals surface area contributed by atoms with E-state index in [-0.39, 0.29) is 13.2 Å². The second kappa shape index (κ2) is 11.9. The first-order valence-corrected chi connectivity index (χ1v) is 11.0. The van der Waals surface area contributed by atoms with E-state index in [4.69, 9.17) is 18.9 Å². The van der Waals surface area contributed by atoms with E-state index >= 15 is 4.39 Å². The lowest BCUT2D eigenvalue weighted by atomic mass is 10.0. The summed E-state index contributed by atoms with van der Waals surface area (Å²) < 4.78 is 39.1. The SMILES string of the molecule is F[C@@H]1C(COCc2ccccc2)OCC(OCc2ccccc2)C1OCc1ccccc1. The van der Waals surface area contributed by atoms with Crippen LogP contribution in [0.2, 0.25) is 0 Å². The topological polar surface area (TPSA) is 36.9 Å². The van der Waals surface area contributed by atoms with E-state index in [2.05, 4.69) is 0 Å². The van der Waals surface area contributed by atoms with Gasteiger partial charge in [0.05, 0.1) is 33.0 Å². The van der Waals surface area contributed by atoms with E-state index < -0.39 is 24.5 Å². The predicted molar refractivity (Wildman–Crippen MR) is 121 cm³/mol. The van der Waals surface area contributed by atoms with E-state index in [9.17, 15) is 0 Å². The molecule has 3 aromatic rings. The number of hydrogen-bond acceptors (Lipinski definition) is 4. The zero-order valence-electron chi connectivity index (χ0n) is 18.0. The standard InChI is InChI=1S/C27H29FO4/c28-26-24(19-29-16-21-10-4-1-5-11-21)31-20-25(30-17-22-12-6-2-7-13-22)27(26)32-18-23-14-8-3-9-15-23/h1-15,24-27H,16-20H2/t24?,25?,26-,27?/m1/s1. The molecule has 1 aliphatic heterocycles. The van der Waals surface area contributed by atoms with Crippen LogP contribution in [0.25, 0.3) is 0 Å². The van der Waals surface area contributed by atoms with Crippen molar-refractivity contribution in [3.8, 4) is 0 Å². The smallest absolute Gasteiger partial charge is 0.157 e. The number of halogens is 1. The third kappa shape index (κ3) is 6.47. The van der Waals surface area contributed by atoms with Crippen LogP contribution in [-0.2, 0) is 38.8 Å². The second-order valence-corrected chi connectivity index (χ2v) is 7.91. The lowest BCUT2D eigenvalue weighted by Gasteiger charge is -2.38. The Bertz CT molecular complexity index is 907. The molecule has 32 heavy (non-hydrogen) atoms. The average molecular weight is 437 g/mol. The van der Waals surface area contributed by atoms with Gasteiger partial charge in [0.2, 0.25) is 0 Å². The Morgan fingerprint density at radius 1 is 0.688 bits per heavy atom. The molecule has 4 atom stereocenters. The molecular weight excluding hydrogens is 407 g/mol. The van der Waals surface area contributed by atoms with Crippen molar-refractivity contribution < 1.29 is 23.3 Å². The molecule has 168 valence electrons. The Balaban J connectivity index is 1.36. The summed E-state index contributed by atoms with van der Waals surface area (Å²) in [7, 11) is 0. The highest BCUT2D eigenvalue weighted by molar-refractivity contribution is 5.15. The molecule has 3 aromatic carbocycles. The van der Waals surface area contributed by atoms with Crippen LogP contribution in [0.4, 0.5) is 4.39 Å². The first-order chi connectivity index (χ1) is 15.8. The van der Waals surface area contributed by atoms with Gasteiger partial charge >= 0.3 is 0 Å². The van der Waals surface area contributed by atoms with E-state index in [1.807, 2.05) is 91.0 Å². The zero-order chi connectivity index (χ0) is 22.0. The minimum absolute atomic E-state index is 0.159. The highest BCUT2D eigenvalue weighted by Gasteiger charge is 2.42. The van der Waals surface area contributed by atoms with Crippen LogP contribution in [0, 0.1) is 0 Å². The fourth-order valence-electron chi connectivity index (χ4n) is 3.72. The molecule has 0 spiro atoms. The first-order valence-electron chi connectivity index (χ1n) is 11.0. The van der Waals surface area contributed by atoms with Crippen LogP contribution >= 0.6 is 0 Å². The van der Waals surface area contributed by atoms with Crippen molar-refractivity contribution in [3.05, 3.63) is 108 Å². The van der Waals surface area contributed by atoms with E-state index in [1.54, 1.807) is 0 Å². The summed E-state index contributed by atoms with van der Waals surface area (Å²) in [6.07, 6.45) is -3.29. The quantitative estimate of drug-likeness (QED) is 0.443. The molecule has 5 heteroatoms. The molecule has 4 rings (SSSR count). The summed E-state index contributed by atoms with van der Waals surface area (Å²) in [6.45, 7) is 1.52. The van der Waals surface area contributed by atoms with Gasteiger partial charge in [0, 0.05) is 0 Å². The highest BCUT2D eigenvalue weighted by Crippen LogP contribution is 2.26. The summed E-state index contributed by atoms with van der Waals surface area (Å²) in [5.41, 5.74) is 3.06. The third-order valence-electron chi connectivity index (χ3n) is 5.50. The Hall–Kier alpha value is -2.57. The molecule has 1 fully saturated rings. The Morgan fingerprint density at radius 3 is 1.75 bits per heavy atom. The summed E-state index contributed by atoms with van der Waals surface area (Å²) in [5, 5.41) is 0. The van der Waals surface area contributed by atoms with Crippen LogP contribution in [0.3, 0.4) is 0 Å². The van der Waals surface area contributed by atoms with Crippen molar-refractivity contribution in [2.24, 2.45) is 0 Å². The molecule has 0 bridgehead atoms. The van der Waals surface area contributed by atoms with E-state index in [0.29, 0.717) is 19.8 Å². The maximum atomic E-state index is 15.5. The van der Waals surface area contributed by atoms with Gasteiger partial charge in [0.25, 0.3) is 0 Å². The molecule has 0 aromatic heterocycles. The monoisotopic (exact) mass is 436 g/mol. The van der Waals surface area contributed by atoms with Gasteiger partial charge in [-0.2, -0.15) is 0 Å². The Morgan fingerprint density at radius 2 is 1.19 bits per heavy atom. The second-order valence-electron chi connectivity index (χ2n) is 7.91. The molecule has 4 nitrogen and oxygen atoms in total. The van der Waals surface area contributed by atoms with Gasteiger partial charge in [0.1, 0.15) is 18.3 Å². The van der Waals surface area contributed by atoms with Gasteiger partial charge in [-0.15, -0.1) is 0 Å².